The van der Waals surface area contributed by atoms with Crippen LogP contribution in [0.15, 0.2) is 58.5 Å². The Labute approximate surface area is 157 Å². The molecule has 0 radical (unpaired) electrons. The van der Waals surface area contributed by atoms with Crippen LogP contribution in [0.4, 0.5) is 4.39 Å². The van der Waals surface area contributed by atoms with Gasteiger partial charge in [0.15, 0.2) is 5.82 Å². The molecule has 4 aromatic rings. The van der Waals surface area contributed by atoms with Crippen molar-refractivity contribution in [1.29, 1.82) is 0 Å². The Morgan fingerprint density at radius 1 is 1.11 bits per heavy atom. The molecule has 136 valence electrons. The van der Waals surface area contributed by atoms with Gasteiger partial charge >= 0.3 is 0 Å². The molecule has 0 unspecified atom stereocenters. The minimum atomic E-state index is -0.312. The summed E-state index contributed by atoms with van der Waals surface area (Å²) in [6.45, 7) is 0. The predicted molar refractivity (Wildman–Crippen MR) is 101 cm³/mol. The van der Waals surface area contributed by atoms with Gasteiger partial charge in [0.1, 0.15) is 11.6 Å². The highest BCUT2D eigenvalue weighted by atomic mass is 32.2. The molecule has 2 aromatic heterocycles. The SMILES string of the molecule is Nn1c(Cc2ccccc2F)nnc1SCc1nc2ccccc2c(=O)[nH]1. The Bertz CT molecular complexity index is 1170. The number of H-pyrrole nitrogens is 1. The zero-order chi connectivity index (χ0) is 18.8. The maximum atomic E-state index is 13.8. The average molecular weight is 382 g/mol. The van der Waals surface area contributed by atoms with Crippen molar-refractivity contribution >= 4 is 22.7 Å². The third kappa shape index (κ3) is 3.54. The fourth-order valence-electron chi connectivity index (χ4n) is 2.67. The van der Waals surface area contributed by atoms with Gasteiger partial charge in [-0.1, -0.05) is 42.1 Å². The molecular weight excluding hydrogens is 367 g/mol. The van der Waals surface area contributed by atoms with Crippen molar-refractivity contribution in [1.82, 2.24) is 24.8 Å². The normalized spacial score (nSPS) is 11.1. The summed E-state index contributed by atoms with van der Waals surface area (Å²) in [6, 6.07) is 13.6. The van der Waals surface area contributed by atoms with Gasteiger partial charge in [0.2, 0.25) is 5.16 Å². The summed E-state index contributed by atoms with van der Waals surface area (Å²) in [6.07, 6.45) is 0.238. The van der Waals surface area contributed by atoms with Crippen LogP contribution < -0.4 is 11.4 Å². The summed E-state index contributed by atoms with van der Waals surface area (Å²) in [5.74, 6) is 7.06. The molecule has 0 atom stereocenters. The van der Waals surface area contributed by atoms with Crippen LogP contribution in [0, 0.1) is 5.82 Å². The van der Waals surface area contributed by atoms with Crippen LogP contribution in [-0.2, 0) is 12.2 Å². The topological polar surface area (TPSA) is 102 Å². The molecular formula is C18H15FN6OS. The number of nitrogens with zero attached hydrogens (tertiary/aromatic N) is 4. The van der Waals surface area contributed by atoms with Gasteiger partial charge in [-0.3, -0.25) is 4.79 Å². The number of nitrogen functional groups attached to an aromatic ring is 1. The Morgan fingerprint density at radius 3 is 2.74 bits per heavy atom. The molecule has 0 aliphatic heterocycles. The first-order valence-corrected chi connectivity index (χ1v) is 9.14. The molecule has 0 fully saturated rings. The molecule has 4 rings (SSSR count). The van der Waals surface area contributed by atoms with Crippen molar-refractivity contribution in [2.75, 3.05) is 5.84 Å². The van der Waals surface area contributed by atoms with Crippen LogP contribution in [0.25, 0.3) is 10.9 Å². The number of benzene rings is 2. The quantitative estimate of drug-likeness (QED) is 0.405. The minimum absolute atomic E-state index is 0.189. The smallest absolute Gasteiger partial charge is 0.258 e. The van der Waals surface area contributed by atoms with Crippen LogP contribution in [-0.4, -0.2) is 24.8 Å². The summed E-state index contributed by atoms with van der Waals surface area (Å²) in [4.78, 5) is 19.3. The molecule has 9 heteroatoms. The van der Waals surface area contributed by atoms with E-state index in [9.17, 15) is 9.18 Å². The van der Waals surface area contributed by atoms with Crippen LogP contribution in [0.3, 0.4) is 0 Å². The van der Waals surface area contributed by atoms with E-state index in [0.29, 0.717) is 39.0 Å². The van der Waals surface area contributed by atoms with Crippen LogP contribution >= 0.6 is 11.8 Å². The molecule has 0 bridgehead atoms. The van der Waals surface area contributed by atoms with E-state index < -0.39 is 0 Å². The monoisotopic (exact) mass is 382 g/mol. The lowest BCUT2D eigenvalue weighted by Gasteiger charge is -2.05. The molecule has 2 heterocycles. The van der Waals surface area contributed by atoms with Crippen molar-refractivity contribution in [2.24, 2.45) is 0 Å². The fourth-order valence-corrected chi connectivity index (χ4v) is 3.42. The summed E-state index contributed by atoms with van der Waals surface area (Å²) in [7, 11) is 0. The maximum absolute atomic E-state index is 13.8. The maximum Gasteiger partial charge on any atom is 0.258 e. The number of nitrogens with two attached hydrogens (primary N) is 1. The van der Waals surface area contributed by atoms with Gasteiger partial charge in [0.25, 0.3) is 5.56 Å². The molecule has 0 aliphatic rings. The highest BCUT2D eigenvalue weighted by Crippen LogP contribution is 2.20. The van der Waals surface area contributed by atoms with E-state index in [4.69, 9.17) is 5.84 Å². The second-order valence-corrected chi connectivity index (χ2v) is 6.80. The number of rotatable bonds is 5. The van der Waals surface area contributed by atoms with Gasteiger partial charge in [0, 0.05) is 6.42 Å². The largest absolute Gasteiger partial charge is 0.336 e. The number of halogens is 1. The van der Waals surface area contributed by atoms with E-state index in [-0.39, 0.29) is 17.8 Å². The predicted octanol–water partition coefficient (Wildman–Crippen LogP) is 2.25. The number of fused-ring (bicyclic) bond motifs is 1. The highest BCUT2D eigenvalue weighted by Gasteiger charge is 2.13. The first-order valence-electron chi connectivity index (χ1n) is 8.15. The zero-order valence-corrected chi connectivity index (χ0v) is 14.9. The van der Waals surface area contributed by atoms with Gasteiger partial charge in [-0.15, -0.1) is 10.2 Å². The number of hydrogen-bond acceptors (Lipinski definition) is 6. The lowest BCUT2D eigenvalue weighted by molar-refractivity contribution is 0.610. The molecule has 0 saturated carbocycles. The third-order valence-corrected chi connectivity index (χ3v) is 5.00. The molecule has 2 aromatic carbocycles. The van der Waals surface area contributed by atoms with Crippen LogP contribution in [0.1, 0.15) is 17.2 Å². The van der Waals surface area contributed by atoms with Crippen molar-refractivity contribution in [2.45, 2.75) is 17.3 Å². The lowest BCUT2D eigenvalue weighted by Crippen LogP contribution is -2.15. The molecule has 3 N–H and O–H groups in total. The number of thioether (sulfide) groups is 1. The van der Waals surface area contributed by atoms with Crippen molar-refractivity contribution in [3.63, 3.8) is 0 Å². The Morgan fingerprint density at radius 2 is 1.89 bits per heavy atom. The van der Waals surface area contributed by atoms with Gasteiger partial charge in [-0.25, -0.2) is 14.1 Å². The number of aromatic amines is 1. The third-order valence-electron chi connectivity index (χ3n) is 4.04. The van der Waals surface area contributed by atoms with Crippen molar-refractivity contribution in [3.05, 3.63) is 81.9 Å². The van der Waals surface area contributed by atoms with Gasteiger partial charge in [-0.2, -0.15) is 0 Å². The van der Waals surface area contributed by atoms with E-state index in [0.717, 1.165) is 0 Å². The van der Waals surface area contributed by atoms with E-state index in [1.54, 1.807) is 36.4 Å². The van der Waals surface area contributed by atoms with E-state index in [1.807, 2.05) is 6.07 Å². The Kier molecular flexibility index (Phi) is 4.59. The van der Waals surface area contributed by atoms with E-state index >= 15 is 0 Å². The number of para-hydroxylation sites is 1. The molecule has 0 amide bonds. The first kappa shape index (κ1) is 17.2. The number of hydrogen-bond donors (Lipinski definition) is 2. The molecule has 27 heavy (non-hydrogen) atoms. The second-order valence-electron chi connectivity index (χ2n) is 5.86. The Balaban J connectivity index is 1.52. The highest BCUT2D eigenvalue weighted by molar-refractivity contribution is 7.98. The van der Waals surface area contributed by atoms with Crippen LogP contribution in [0.5, 0.6) is 0 Å². The summed E-state index contributed by atoms with van der Waals surface area (Å²) in [5, 5.41) is 9.09. The molecule has 0 aliphatic carbocycles. The van der Waals surface area contributed by atoms with Crippen molar-refractivity contribution in [3.8, 4) is 0 Å². The number of nitrogens with one attached hydrogen (secondary N) is 1. The van der Waals surface area contributed by atoms with Gasteiger partial charge in [0.05, 0.1) is 16.7 Å². The second kappa shape index (κ2) is 7.20. The summed E-state index contributed by atoms with van der Waals surface area (Å²) >= 11 is 1.29. The van der Waals surface area contributed by atoms with Gasteiger partial charge < -0.3 is 10.8 Å². The average Bonchev–Trinajstić information content (AvgIpc) is 3.02. The summed E-state index contributed by atoms with van der Waals surface area (Å²) < 4.78 is 15.1. The summed E-state index contributed by atoms with van der Waals surface area (Å²) in [5.41, 5.74) is 0.936. The van der Waals surface area contributed by atoms with E-state index in [2.05, 4.69) is 20.2 Å². The minimum Gasteiger partial charge on any atom is -0.336 e. The number of aromatic nitrogens is 5. The van der Waals surface area contributed by atoms with Gasteiger partial charge in [-0.05, 0) is 23.8 Å². The Hall–Kier alpha value is -3.20. The first-order chi connectivity index (χ1) is 13.1. The molecule has 0 spiro atoms. The van der Waals surface area contributed by atoms with Crippen molar-refractivity contribution < 1.29 is 4.39 Å². The van der Waals surface area contributed by atoms with E-state index in [1.165, 1.54) is 22.5 Å². The standard InChI is InChI=1S/C18H15FN6OS/c19-13-7-3-1-5-11(13)9-16-23-24-18(25(16)20)27-10-15-21-14-8-4-2-6-12(14)17(26)22-15/h1-8H,9-10,20H2,(H,21,22,26). The fraction of sp³-hybridized carbons (Fsp3) is 0.111. The molecule has 7 nitrogen and oxygen atoms in total. The lowest BCUT2D eigenvalue weighted by atomic mass is 10.1. The zero-order valence-electron chi connectivity index (χ0n) is 14.1. The molecule has 0 saturated heterocycles. The van der Waals surface area contributed by atoms with Crippen LogP contribution in [0.2, 0.25) is 0 Å².